The smallest absolute Gasteiger partial charge is 0.249 e. The molecule has 2 N–H and O–H groups in total. The highest BCUT2D eigenvalue weighted by atomic mass is 19.3. The van der Waals surface area contributed by atoms with Crippen LogP contribution >= 0.6 is 0 Å². The summed E-state index contributed by atoms with van der Waals surface area (Å²) < 4.78 is 25.1. The van der Waals surface area contributed by atoms with Crippen molar-refractivity contribution in [1.82, 2.24) is 10.6 Å². The molecule has 3 nitrogen and oxygen atoms in total. The van der Waals surface area contributed by atoms with Crippen LogP contribution in [0.15, 0.2) is 0 Å². The van der Waals surface area contributed by atoms with Crippen molar-refractivity contribution in [3.8, 4) is 0 Å². The van der Waals surface area contributed by atoms with Gasteiger partial charge in [-0.1, -0.05) is 0 Å². The Morgan fingerprint density at radius 3 is 2.67 bits per heavy atom. The van der Waals surface area contributed by atoms with Crippen molar-refractivity contribution in [3.63, 3.8) is 0 Å². The van der Waals surface area contributed by atoms with E-state index in [0.29, 0.717) is 0 Å². The summed E-state index contributed by atoms with van der Waals surface area (Å²) in [5, 5.41) is 5.99. The zero-order valence-corrected chi connectivity index (χ0v) is 8.56. The Morgan fingerprint density at radius 1 is 1.40 bits per heavy atom. The predicted octanol–water partition coefficient (Wildman–Crippen LogP) is 0.900. The van der Waals surface area contributed by atoms with E-state index in [1.54, 1.807) is 0 Å². The number of hydrogen-bond acceptors (Lipinski definition) is 2. The molecule has 0 spiro atoms. The minimum Gasteiger partial charge on any atom is -0.352 e. The standard InChI is InChI=1S/C10H16F2N2O/c11-10(12)4-7(5-10)9(15)14-8-2-1-3-13-6-8/h7-8,13H,1-6H2,(H,14,15)/t8-/m1/s1. The van der Waals surface area contributed by atoms with Crippen LogP contribution in [0.25, 0.3) is 0 Å². The highest BCUT2D eigenvalue weighted by Gasteiger charge is 2.48. The number of alkyl halides is 2. The van der Waals surface area contributed by atoms with Crippen molar-refractivity contribution >= 4 is 5.91 Å². The van der Waals surface area contributed by atoms with Gasteiger partial charge in [-0.25, -0.2) is 8.78 Å². The first-order valence-electron chi connectivity index (χ1n) is 5.46. The van der Waals surface area contributed by atoms with Crippen LogP contribution in [0.5, 0.6) is 0 Å². The Balaban J connectivity index is 1.73. The molecule has 2 aliphatic rings. The SMILES string of the molecule is O=C(N[C@@H]1CCCNC1)C1CC(F)(F)C1. The number of rotatable bonds is 2. The quantitative estimate of drug-likeness (QED) is 0.723. The van der Waals surface area contributed by atoms with Gasteiger partial charge in [-0.15, -0.1) is 0 Å². The van der Waals surface area contributed by atoms with Crippen LogP contribution in [0.1, 0.15) is 25.7 Å². The van der Waals surface area contributed by atoms with E-state index in [1.165, 1.54) is 0 Å². The summed E-state index contributed by atoms with van der Waals surface area (Å²) in [5.74, 6) is -3.27. The molecule has 0 radical (unpaired) electrons. The molecule has 1 aliphatic carbocycles. The molecule has 1 heterocycles. The summed E-state index contributed by atoms with van der Waals surface area (Å²) in [5.41, 5.74) is 0. The number of piperidine rings is 1. The summed E-state index contributed by atoms with van der Waals surface area (Å²) in [7, 11) is 0. The van der Waals surface area contributed by atoms with Gasteiger partial charge in [0, 0.05) is 31.3 Å². The van der Waals surface area contributed by atoms with Crippen molar-refractivity contribution in [2.24, 2.45) is 5.92 Å². The molecular weight excluding hydrogens is 202 g/mol. The fourth-order valence-corrected chi connectivity index (χ4v) is 2.14. The molecule has 1 saturated heterocycles. The molecule has 0 aromatic rings. The maximum Gasteiger partial charge on any atom is 0.249 e. The second-order valence-corrected chi connectivity index (χ2v) is 4.51. The van der Waals surface area contributed by atoms with Gasteiger partial charge in [0.1, 0.15) is 0 Å². The number of amides is 1. The Hall–Kier alpha value is -0.710. The van der Waals surface area contributed by atoms with E-state index in [-0.39, 0.29) is 24.8 Å². The average molecular weight is 218 g/mol. The normalized spacial score (nSPS) is 30.7. The van der Waals surface area contributed by atoms with Gasteiger partial charge in [0.15, 0.2) is 0 Å². The molecule has 0 unspecified atom stereocenters. The number of carbonyl (C=O) groups excluding carboxylic acids is 1. The highest BCUT2D eigenvalue weighted by Crippen LogP contribution is 2.42. The molecule has 2 fully saturated rings. The Kier molecular flexibility index (Phi) is 2.91. The number of carbonyl (C=O) groups is 1. The van der Waals surface area contributed by atoms with E-state index >= 15 is 0 Å². The van der Waals surface area contributed by atoms with Crippen LogP contribution < -0.4 is 10.6 Å². The summed E-state index contributed by atoms with van der Waals surface area (Å²) in [4.78, 5) is 11.5. The lowest BCUT2D eigenvalue weighted by molar-refractivity contribution is -0.150. The van der Waals surface area contributed by atoms with Gasteiger partial charge in [-0.05, 0) is 19.4 Å². The lowest BCUT2D eigenvalue weighted by Crippen LogP contribution is -2.51. The molecule has 86 valence electrons. The molecule has 1 atom stereocenters. The topological polar surface area (TPSA) is 41.1 Å². The first-order valence-corrected chi connectivity index (χ1v) is 5.46. The molecule has 0 bridgehead atoms. The van der Waals surface area contributed by atoms with E-state index in [9.17, 15) is 13.6 Å². The van der Waals surface area contributed by atoms with Crippen LogP contribution in [-0.4, -0.2) is 31.0 Å². The van der Waals surface area contributed by atoms with Crippen molar-refractivity contribution in [1.29, 1.82) is 0 Å². The van der Waals surface area contributed by atoms with Crippen LogP contribution in [0.4, 0.5) is 8.78 Å². The van der Waals surface area contributed by atoms with Crippen molar-refractivity contribution in [3.05, 3.63) is 0 Å². The maximum atomic E-state index is 12.5. The molecular formula is C10H16F2N2O. The fourth-order valence-electron chi connectivity index (χ4n) is 2.14. The largest absolute Gasteiger partial charge is 0.352 e. The molecule has 1 saturated carbocycles. The Bertz CT molecular complexity index is 244. The monoisotopic (exact) mass is 218 g/mol. The van der Waals surface area contributed by atoms with Crippen LogP contribution in [-0.2, 0) is 4.79 Å². The number of hydrogen-bond donors (Lipinski definition) is 2. The van der Waals surface area contributed by atoms with Gasteiger partial charge >= 0.3 is 0 Å². The second-order valence-electron chi connectivity index (χ2n) is 4.51. The lowest BCUT2D eigenvalue weighted by Gasteiger charge is -2.35. The Labute approximate surface area is 87.6 Å². The van der Waals surface area contributed by atoms with Gasteiger partial charge in [-0.2, -0.15) is 0 Å². The van der Waals surface area contributed by atoms with Crippen molar-refractivity contribution in [2.75, 3.05) is 13.1 Å². The minimum absolute atomic E-state index is 0.125. The van der Waals surface area contributed by atoms with Crippen LogP contribution in [0.2, 0.25) is 0 Å². The molecule has 0 aromatic heterocycles. The van der Waals surface area contributed by atoms with Crippen LogP contribution in [0.3, 0.4) is 0 Å². The van der Waals surface area contributed by atoms with Crippen molar-refractivity contribution < 1.29 is 13.6 Å². The van der Waals surface area contributed by atoms with E-state index in [0.717, 1.165) is 25.9 Å². The molecule has 1 amide bonds. The van der Waals surface area contributed by atoms with Gasteiger partial charge < -0.3 is 10.6 Å². The number of halogens is 2. The maximum absolute atomic E-state index is 12.5. The number of nitrogens with one attached hydrogen (secondary N) is 2. The summed E-state index contributed by atoms with van der Waals surface area (Å²) >= 11 is 0. The van der Waals surface area contributed by atoms with E-state index in [1.807, 2.05) is 0 Å². The highest BCUT2D eigenvalue weighted by molar-refractivity contribution is 5.80. The van der Waals surface area contributed by atoms with Gasteiger partial charge in [0.2, 0.25) is 11.8 Å². The summed E-state index contributed by atoms with van der Waals surface area (Å²) in [6, 6.07) is 0.125. The molecule has 15 heavy (non-hydrogen) atoms. The molecule has 2 rings (SSSR count). The third-order valence-corrected chi connectivity index (χ3v) is 3.10. The minimum atomic E-state index is -2.60. The van der Waals surface area contributed by atoms with E-state index in [4.69, 9.17) is 0 Å². The predicted molar refractivity (Wildman–Crippen MR) is 51.7 cm³/mol. The van der Waals surface area contributed by atoms with Gasteiger partial charge in [0.05, 0.1) is 0 Å². The molecule has 1 aliphatic heterocycles. The van der Waals surface area contributed by atoms with Gasteiger partial charge in [-0.3, -0.25) is 4.79 Å². The zero-order chi connectivity index (χ0) is 10.9. The summed E-state index contributed by atoms with van der Waals surface area (Å²) in [6.07, 6.45) is 1.42. The van der Waals surface area contributed by atoms with Crippen LogP contribution in [0, 0.1) is 5.92 Å². The zero-order valence-electron chi connectivity index (χ0n) is 8.56. The van der Waals surface area contributed by atoms with Crippen molar-refractivity contribution in [2.45, 2.75) is 37.6 Å². The van der Waals surface area contributed by atoms with Gasteiger partial charge in [0.25, 0.3) is 0 Å². The van der Waals surface area contributed by atoms with E-state index < -0.39 is 11.8 Å². The Morgan fingerprint density at radius 2 is 2.13 bits per heavy atom. The first-order chi connectivity index (χ1) is 7.07. The lowest BCUT2D eigenvalue weighted by atomic mass is 9.80. The molecule has 5 heteroatoms. The summed E-state index contributed by atoms with van der Waals surface area (Å²) in [6.45, 7) is 1.74. The second kappa shape index (κ2) is 4.04. The third kappa shape index (κ3) is 2.65. The first kappa shape index (κ1) is 10.8. The third-order valence-electron chi connectivity index (χ3n) is 3.10. The molecule has 0 aromatic carbocycles. The van der Waals surface area contributed by atoms with E-state index in [2.05, 4.69) is 10.6 Å². The fraction of sp³-hybridized carbons (Fsp3) is 0.900. The average Bonchev–Trinajstić information content (AvgIpc) is 2.15.